The molecule has 1 amide bonds. The van der Waals surface area contributed by atoms with Gasteiger partial charge >= 0.3 is 0 Å². The van der Waals surface area contributed by atoms with Crippen molar-refractivity contribution in [1.29, 1.82) is 0 Å². The van der Waals surface area contributed by atoms with E-state index in [0.717, 1.165) is 24.1 Å². The van der Waals surface area contributed by atoms with Crippen LogP contribution in [0, 0.1) is 12.3 Å². The summed E-state index contributed by atoms with van der Waals surface area (Å²) in [5.74, 6) is 0.0318. The zero-order valence-electron chi connectivity index (χ0n) is 9.73. The Morgan fingerprint density at radius 1 is 1.44 bits per heavy atom. The molecule has 1 aromatic rings. The topological polar surface area (TPSA) is 40.5 Å². The smallest absolute Gasteiger partial charge is 0.235 e. The number of para-hydroxylation sites is 1. The molecule has 3 heteroatoms. The number of rotatable bonds is 3. The van der Waals surface area contributed by atoms with Crippen molar-refractivity contribution in [2.24, 2.45) is 5.41 Å². The number of carbonyl (C=O) groups excluding carboxylic acids is 1. The number of hydrogen-bond donors (Lipinski definition) is 1. The van der Waals surface area contributed by atoms with Gasteiger partial charge in [0.15, 0.2) is 0 Å². The van der Waals surface area contributed by atoms with E-state index in [1.807, 2.05) is 31.2 Å². The highest BCUT2D eigenvalue weighted by atomic mass is 16.3. The second-order valence-electron chi connectivity index (χ2n) is 4.59. The molecule has 0 bridgehead atoms. The first-order valence-corrected chi connectivity index (χ1v) is 5.55. The summed E-state index contributed by atoms with van der Waals surface area (Å²) in [4.78, 5) is 13.8. The highest BCUT2D eigenvalue weighted by molar-refractivity contribution is 5.99. The van der Waals surface area contributed by atoms with Crippen LogP contribution < -0.4 is 4.90 Å². The first-order chi connectivity index (χ1) is 7.60. The van der Waals surface area contributed by atoms with Crippen LogP contribution in [0.2, 0.25) is 0 Å². The normalized spacial score (nSPS) is 16.9. The molecule has 0 saturated heterocycles. The van der Waals surface area contributed by atoms with Gasteiger partial charge in [0.25, 0.3) is 0 Å². The molecule has 0 heterocycles. The highest BCUT2D eigenvalue weighted by Crippen LogP contribution is 2.47. The van der Waals surface area contributed by atoms with Crippen LogP contribution in [0.4, 0.5) is 5.69 Å². The average Bonchev–Trinajstić information content (AvgIpc) is 3.09. The fourth-order valence-electron chi connectivity index (χ4n) is 2.00. The Morgan fingerprint density at radius 3 is 2.56 bits per heavy atom. The van der Waals surface area contributed by atoms with Crippen molar-refractivity contribution < 1.29 is 9.90 Å². The van der Waals surface area contributed by atoms with Crippen LogP contribution in [0.25, 0.3) is 0 Å². The molecule has 1 fully saturated rings. The monoisotopic (exact) mass is 219 g/mol. The highest BCUT2D eigenvalue weighted by Gasteiger charge is 2.50. The van der Waals surface area contributed by atoms with Gasteiger partial charge in [0.05, 0.1) is 12.0 Å². The molecule has 0 atom stereocenters. The fourth-order valence-corrected chi connectivity index (χ4v) is 2.00. The molecule has 16 heavy (non-hydrogen) atoms. The molecule has 0 unspecified atom stereocenters. The Labute approximate surface area is 95.7 Å². The molecule has 1 aliphatic carbocycles. The largest absolute Gasteiger partial charge is 0.395 e. The van der Waals surface area contributed by atoms with Gasteiger partial charge in [-0.3, -0.25) is 4.79 Å². The number of nitrogens with zero attached hydrogens (tertiary/aromatic N) is 1. The van der Waals surface area contributed by atoms with Crippen molar-refractivity contribution in [3.05, 3.63) is 29.8 Å². The van der Waals surface area contributed by atoms with Gasteiger partial charge in [-0.1, -0.05) is 18.2 Å². The quantitative estimate of drug-likeness (QED) is 0.841. The number of hydrogen-bond acceptors (Lipinski definition) is 2. The third kappa shape index (κ3) is 1.71. The predicted octanol–water partition coefficient (Wildman–Crippen LogP) is 1.73. The van der Waals surface area contributed by atoms with E-state index >= 15 is 0 Å². The Bertz CT molecular complexity index is 410. The Hall–Kier alpha value is -1.35. The van der Waals surface area contributed by atoms with Crippen LogP contribution in [0.1, 0.15) is 18.4 Å². The molecule has 2 rings (SSSR count). The summed E-state index contributed by atoms with van der Waals surface area (Å²) < 4.78 is 0. The van der Waals surface area contributed by atoms with Crippen molar-refractivity contribution in [2.45, 2.75) is 19.8 Å². The molecule has 0 spiro atoms. The number of aryl methyl sites for hydroxylation is 1. The molecule has 86 valence electrons. The maximum absolute atomic E-state index is 12.2. The van der Waals surface area contributed by atoms with Crippen molar-refractivity contribution in [3.63, 3.8) is 0 Å². The minimum atomic E-state index is -0.489. The number of carbonyl (C=O) groups is 1. The molecular formula is C13H17NO2. The van der Waals surface area contributed by atoms with Gasteiger partial charge in [0, 0.05) is 12.7 Å². The van der Waals surface area contributed by atoms with Crippen LogP contribution in [0.5, 0.6) is 0 Å². The summed E-state index contributed by atoms with van der Waals surface area (Å²) in [7, 11) is 1.78. The van der Waals surface area contributed by atoms with Gasteiger partial charge in [0.1, 0.15) is 0 Å². The van der Waals surface area contributed by atoms with Crippen molar-refractivity contribution in [2.75, 3.05) is 18.6 Å². The summed E-state index contributed by atoms with van der Waals surface area (Å²) in [5.41, 5.74) is 1.51. The van der Waals surface area contributed by atoms with Crippen LogP contribution in [-0.2, 0) is 4.79 Å². The van der Waals surface area contributed by atoms with Crippen molar-refractivity contribution in [3.8, 4) is 0 Å². The molecular weight excluding hydrogens is 202 g/mol. The van der Waals surface area contributed by atoms with E-state index in [9.17, 15) is 9.90 Å². The fraction of sp³-hybridized carbons (Fsp3) is 0.462. The summed E-state index contributed by atoms with van der Waals surface area (Å²) in [6, 6.07) is 7.79. The molecule has 1 N–H and O–H groups in total. The minimum Gasteiger partial charge on any atom is -0.395 e. The second kappa shape index (κ2) is 3.91. The SMILES string of the molecule is Cc1ccccc1N(C)C(=O)C1(CO)CC1. The molecule has 1 aliphatic rings. The van der Waals surface area contributed by atoms with E-state index in [1.165, 1.54) is 0 Å². The van der Waals surface area contributed by atoms with Gasteiger partial charge in [-0.05, 0) is 31.4 Å². The first kappa shape index (κ1) is 11.1. The minimum absolute atomic E-state index is 0.0318. The summed E-state index contributed by atoms with van der Waals surface area (Å²) >= 11 is 0. The lowest BCUT2D eigenvalue weighted by atomic mass is 10.1. The standard InChI is InChI=1S/C13H17NO2/c1-10-5-3-4-6-11(10)14(2)12(16)13(9-15)7-8-13/h3-6,15H,7-9H2,1-2H3. The molecule has 0 radical (unpaired) electrons. The van der Waals surface area contributed by atoms with Gasteiger partial charge in [-0.25, -0.2) is 0 Å². The summed E-state index contributed by atoms with van der Waals surface area (Å²) in [6.45, 7) is 1.94. The number of amides is 1. The maximum atomic E-state index is 12.2. The van der Waals surface area contributed by atoms with Crippen LogP contribution in [-0.4, -0.2) is 24.7 Å². The number of aliphatic hydroxyl groups excluding tert-OH is 1. The lowest BCUT2D eigenvalue weighted by Crippen LogP contribution is -2.36. The van der Waals surface area contributed by atoms with Gasteiger partial charge in [0.2, 0.25) is 5.91 Å². The van der Waals surface area contributed by atoms with Crippen LogP contribution in [0.15, 0.2) is 24.3 Å². The summed E-state index contributed by atoms with van der Waals surface area (Å²) in [5, 5.41) is 9.24. The Kier molecular flexibility index (Phi) is 2.72. The third-order valence-electron chi connectivity index (χ3n) is 3.39. The summed E-state index contributed by atoms with van der Waals surface area (Å²) in [6.07, 6.45) is 1.61. The van der Waals surface area contributed by atoms with Crippen LogP contribution in [0.3, 0.4) is 0 Å². The van der Waals surface area contributed by atoms with E-state index in [1.54, 1.807) is 11.9 Å². The molecule has 0 aromatic heterocycles. The van der Waals surface area contributed by atoms with E-state index in [-0.39, 0.29) is 12.5 Å². The zero-order valence-corrected chi connectivity index (χ0v) is 9.73. The van der Waals surface area contributed by atoms with Crippen molar-refractivity contribution >= 4 is 11.6 Å². The number of anilines is 1. The Morgan fingerprint density at radius 2 is 2.06 bits per heavy atom. The third-order valence-corrected chi connectivity index (χ3v) is 3.39. The molecule has 0 aliphatic heterocycles. The first-order valence-electron chi connectivity index (χ1n) is 5.55. The molecule has 3 nitrogen and oxygen atoms in total. The average molecular weight is 219 g/mol. The number of benzene rings is 1. The van der Waals surface area contributed by atoms with Gasteiger partial charge in [-0.2, -0.15) is 0 Å². The molecule has 1 aromatic carbocycles. The predicted molar refractivity (Wildman–Crippen MR) is 63.3 cm³/mol. The number of aliphatic hydroxyl groups is 1. The van der Waals surface area contributed by atoms with Crippen molar-refractivity contribution in [1.82, 2.24) is 0 Å². The van der Waals surface area contributed by atoms with E-state index in [4.69, 9.17) is 0 Å². The Balaban J connectivity index is 2.23. The van der Waals surface area contributed by atoms with Gasteiger partial charge < -0.3 is 10.0 Å². The lowest BCUT2D eigenvalue weighted by molar-refractivity contribution is -0.124. The van der Waals surface area contributed by atoms with E-state index in [2.05, 4.69) is 0 Å². The van der Waals surface area contributed by atoms with Gasteiger partial charge in [-0.15, -0.1) is 0 Å². The lowest BCUT2D eigenvalue weighted by Gasteiger charge is -2.23. The second-order valence-corrected chi connectivity index (χ2v) is 4.59. The van der Waals surface area contributed by atoms with Crippen LogP contribution >= 0.6 is 0 Å². The van der Waals surface area contributed by atoms with E-state index in [0.29, 0.717) is 0 Å². The molecule has 1 saturated carbocycles. The maximum Gasteiger partial charge on any atom is 0.235 e. The zero-order chi connectivity index (χ0) is 11.8. The van der Waals surface area contributed by atoms with E-state index < -0.39 is 5.41 Å².